The Morgan fingerprint density at radius 2 is 2.06 bits per heavy atom. The largest absolute Gasteiger partial charge is 0.390 e. The van der Waals surface area contributed by atoms with Gasteiger partial charge in [0.15, 0.2) is 0 Å². The van der Waals surface area contributed by atoms with Crippen molar-refractivity contribution in [2.75, 3.05) is 6.54 Å². The molecule has 0 aliphatic carbocycles. The monoisotopic (exact) mass is 318 g/mol. The lowest BCUT2D eigenvalue weighted by Crippen LogP contribution is -2.27. The Kier molecular flexibility index (Phi) is 4.70. The summed E-state index contributed by atoms with van der Waals surface area (Å²) in [7, 11) is -3.94. The number of nitrogens with one attached hydrogen (secondary N) is 1. The van der Waals surface area contributed by atoms with E-state index in [1.165, 1.54) is 12.1 Å². The quantitative estimate of drug-likeness (QED) is 0.809. The molecule has 18 heavy (non-hydrogen) atoms. The highest BCUT2D eigenvalue weighted by Gasteiger charge is 2.27. The molecular weight excluding hydrogens is 309 g/mol. The third kappa shape index (κ3) is 4.52. The molecule has 4 nitrogen and oxygen atoms in total. The minimum Gasteiger partial charge on any atom is -0.389 e. The number of nitrogens with two attached hydrogens (primary N) is 1. The van der Waals surface area contributed by atoms with Gasteiger partial charge in [0.05, 0.1) is 11.3 Å². The molecule has 0 saturated heterocycles. The van der Waals surface area contributed by atoms with Gasteiger partial charge in [0, 0.05) is 6.54 Å². The molecule has 10 heteroatoms. The van der Waals surface area contributed by atoms with Gasteiger partial charge < -0.3 is 5.73 Å². The van der Waals surface area contributed by atoms with Gasteiger partial charge in [-0.2, -0.15) is 13.2 Å². The first-order valence-corrected chi connectivity index (χ1v) is 7.29. The van der Waals surface area contributed by atoms with Gasteiger partial charge in [-0.05, 0) is 12.1 Å². The van der Waals surface area contributed by atoms with Gasteiger partial charge in [0.25, 0.3) is 0 Å². The summed E-state index contributed by atoms with van der Waals surface area (Å²) in [6.07, 6.45) is -5.62. The molecule has 0 aromatic carbocycles. The van der Waals surface area contributed by atoms with Crippen molar-refractivity contribution in [1.82, 2.24) is 4.72 Å². The maximum Gasteiger partial charge on any atom is 0.390 e. The van der Waals surface area contributed by atoms with Crippen molar-refractivity contribution in [1.29, 1.82) is 0 Å². The van der Waals surface area contributed by atoms with E-state index in [4.69, 9.17) is 5.73 Å². The number of rotatable bonds is 5. The Hall–Kier alpha value is -0.710. The zero-order valence-electron chi connectivity index (χ0n) is 8.82. The van der Waals surface area contributed by atoms with Crippen molar-refractivity contribution in [3.63, 3.8) is 0 Å². The van der Waals surface area contributed by atoms with Crippen LogP contribution in [0.4, 0.5) is 13.2 Å². The third-order valence-electron chi connectivity index (χ3n) is 1.79. The average Bonchev–Trinajstić information content (AvgIpc) is 2.63. The van der Waals surface area contributed by atoms with E-state index >= 15 is 0 Å². The number of thiocarbonyl (C=S) groups is 1. The fourth-order valence-electron chi connectivity index (χ4n) is 0.995. The molecule has 1 aromatic heterocycles. The van der Waals surface area contributed by atoms with Crippen molar-refractivity contribution >= 4 is 38.6 Å². The van der Waals surface area contributed by atoms with Gasteiger partial charge in [-0.3, -0.25) is 0 Å². The molecule has 0 spiro atoms. The van der Waals surface area contributed by atoms with Crippen LogP contribution in [0.15, 0.2) is 16.3 Å². The fourth-order valence-corrected chi connectivity index (χ4v) is 3.42. The fraction of sp³-hybridized carbons (Fsp3) is 0.375. The van der Waals surface area contributed by atoms with E-state index in [9.17, 15) is 21.6 Å². The van der Waals surface area contributed by atoms with Gasteiger partial charge in [-0.25, -0.2) is 13.1 Å². The summed E-state index contributed by atoms with van der Waals surface area (Å²) in [6.45, 7) is -0.702. The van der Waals surface area contributed by atoms with E-state index < -0.39 is 29.2 Å². The Bertz CT molecular complexity index is 536. The maximum absolute atomic E-state index is 11.9. The highest BCUT2D eigenvalue weighted by Crippen LogP contribution is 2.22. The molecular formula is C8H9F3N2O2S3. The molecule has 0 saturated carbocycles. The lowest BCUT2D eigenvalue weighted by molar-refractivity contribution is -0.132. The maximum atomic E-state index is 11.9. The molecule has 0 aliphatic heterocycles. The van der Waals surface area contributed by atoms with Crippen LogP contribution in [-0.2, 0) is 10.0 Å². The van der Waals surface area contributed by atoms with Gasteiger partial charge in [0.2, 0.25) is 10.0 Å². The molecule has 1 aromatic rings. The SMILES string of the molecule is NC(=S)c1ccc(S(=O)(=O)NCCC(F)(F)F)s1. The molecule has 0 atom stereocenters. The van der Waals surface area contributed by atoms with Crippen LogP contribution in [0.25, 0.3) is 0 Å². The van der Waals surface area contributed by atoms with E-state index in [1.807, 2.05) is 4.72 Å². The van der Waals surface area contributed by atoms with Crippen LogP contribution in [0.5, 0.6) is 0 Å². The zero-order chi connectivity index (χ0) is 14.0. The van der Waals surface area contributed by atoms with Gasteiger partial charge >= 0.3 is 6.18 Å². The molecule has 0 fully saturated rings. The van der Waals surface area contributed by atoms with Crippen molar-refractivity contribution in [2.24, 2.45) is 5.73 Å². The first-order valence-electron chi connectivity index (χ1n) is 4.58. The van der Waals surface area contributed by atoms with Crippen LogP contribution in [0, 0.1) is 0 Å². The third-order valence-corrected chi connectivity index (χ3v) is 5.21. The summed E-state index contributed by atoms with van der Waals surface area (Å²) < 4.78 is 60.6. The van der Waals surface area contributed by atoms with E-state index in [0.717, 1.165) is 11.3 Å². The second kappa shape index (κ2) is 5.51. The summed E-state index contributed by atoms with van der Waals surface area (Å²) in [5.41, 5.74) is 5.31. The summed E-state index contributed by atoms with van der Waals surface area (Å²) in [5, 5.41) is 0. The van der Waals surface area contributed by atoms with Gasteiger partial charge in [-0.1, -0.05) is 12.2 Å². The van der Waals surface area contributed by atoms with Gasteiger partial charge in [-0.15, -0.1) is 11.3 Å². The lowest BCUT2D eigenvalue weighted by Gasteiger charge is -2.07. The number of hydrogen-bond acceptors (Lipinski definition) is 4. The Labute approximate surface area is 111 Å². The smallest absolute Gasteiger partial charge is 0.389 e. The standard InChI is InChI=1S/C8H9F3N2O2S3/c9-8(10,11)3-4-13-18(14,15)6-2-1-5(17-6)7(12)16/h1-2,13H,3-4H2,(H2,12,16). The normalized spacial score (nSPS) is 12.6. The molecule has 0 amide bonds. The molecule has 0 unspecified atom stereocenters. The van der Waals surface area contributed by atoms with Crippen molar-refractivity contribution < 1.29 is 21.6 Å². The van der Waals surface area contributed by atoms with E-state index in [1.54, 1.807) is 0 Å². The van der Waals surface area contributed by atoms with E-state index in [2.05, 4.69) is 12.2 Å². The van der Waals surface area contributed by atoms with Crippen LogP contribution in [0.1, 0.15) is 11.3 Å². The average molecular weight is 318 g/mol. The number of sulfonamides is 1. The van der Waals surface area contributed by atoms with Crippen LogP contribution in [0.3, 0.4) is 0 Å². The lowest BCUT2D eigenvalue weighted by atomic mass is 10.4. The predicted molar refractivity (Wildman–Crippen MR) is 66.1 cm³/mol. The molecule has 1 heterocycles. The summed E-state index contributed by atoms with van der Waals surface area (Å²) in [4.78, 5) is 0.429. The highest BCUT2D eigenvalue weighted by molar-refractivity contribution is 7.91. The topological polar surface area (TPSA) is 72.2 Å². The zero-order valence-corrected chi connectivity index (χ0v) is 11.3. The first-order chi connectivity index (χ1) is 8.12. The first kappa shape index (κ1) is 15.3. The molecule has 0 aliphatic rings. The summed E-state index contributed by atoms with van der Waals surface area (Å²) in [6, 6.07) is 2.65. The predicted octanol–water partition coefficient (Wildman–Crippen LogP) is 1.61. The minimum atomic E-state index is -4.40. The summed E-state index contributed by atoms with van der Waals surface area (Å²) >= 11 is 5.47. The van der Waals surface area contributed by atoms with Crippen molar-refractivity contribution in [2.45, 2.75) is 16.8 Å². The highest BCUT2D eigenvalue weighted by atomic mass is 32.2. The number of hydrogen-bond donors (Lipinski definition) is 2. The number of halogens is 3. The second-order valence-corrected chi connectivity index (χ2v) is 6.76. The molecule has 1 rings (SSSR count). The minimum absolute atomic E-state index is 0.0386. The second-order valence-electron chi connectivity index (χ2n) is 3.25. The number of alkyl halides is 3. The molecule has 102 valence electrons. The van der Waals surface area contributed by atoms with Crippen LogP contribution in [0.2, 0.25) is 0 Å². The van der Waals surface area contributed by atoms with Crippen molar-refractivity contribution in [3.05, 3.63) is 17.0 Å². The molecule has 0 bridgehead atoms. The summed E-state index contributed by atoms with van der Waals surface area (Å²) in [5.74, 6) is 0. The van der Waals surface area contributed by atoms with Crippen LogP contribution < -0.4 is 10.5 Å². The Morgan fingerprint density at radius 1 is 1.44 bits per heavy atom. The Morgan fingerprint density at radius 3 is 2.50 bits per heavy atom. The molecule has 3 N–H and O–H groups in total. The van der Waals surface area contributed by atoms with Gasteiger partial charge in [0.1, 0.15) is 9.20 Å². The van der Waals surface area contributed by atoms with Crippen molar-refractivity contribution in [3.8, 4) is 0 Å². The number of thiophene rings is 1. The van der Waals surface area contributed by atoms with Crippen LogP contribution in [-0.4, -0.2) is 26.1 Å². The Balaban J connectivity index is 2.71. The molecule has 0 radical (unpaired) electrons. The van der Waals surface area contributed by atoms with Crippen LogP contribution >= 0.6 is 23.6 Å². The van der Waals surface area contributed by atoms with E-state index in [0.29, 0.717) is 4.88 Å². The van der Waals surface area contributed by atoms with E-state index in [-0.39, 0.29) is 9.20 Å².